The molecular weight excluding hydrogens is 277 g/mol. The smallest absolute Gasteiger partial charge is 0.162 e. The van der Waals surface area contributed by atoms with Gasteiger partial charge < -0.3 is 5.32 Å². The molecule has 1 aromatic carbocycles. The Kier molecular flexibility index (Phi) is 5.96. The SMILES string of the molecule is CCC(=O)c1cc(CNC(C)C2CCC2)cc(P)c1CC. The number of hydrogen-bond donors (Lipinski definition) is 1. The van der Waals surface area contributed by atoms with Crippen LogP contribution < -0.4 is 10.6 Å². The van der Waals surface area contributed by atoms with Gasteiger partial charge >= 0.3 is 0 Å². The van der Waals surface area contributed by atoms with Gasteiger partial charge in [-0.05, 0) is 54.6 Å². The molecule has 21 heavy (non-hydrogen) atoms. The standard InChI is InChI=1S/C18H28NOP/c1-4-15-16(17(20)5-2)9-13(10-18(15)21)11-19-12(3)14-7-6-8-14/h9-10,12,14,19H,4-8,11,21H2,1-3H3. The van der Waals surface area contributed by atoms with Gasteiger partial charge in [0.1, 0.15) is 0 Å². The summed E-state index contributed by atoms with van der Waals surface area (Å²) in [6.07, 6.45) is 5.58. The van der Waals surface area contributed by atoms with E-state index in [0.717, 1.165) is 24.4 Å². The Bertz CT molecular complexity index is 508. The third-order valence-corrected chi connectivity index (χ3v) is 5.32. The van der Waals surface area contributed by atoms with Gasteiger partial charge in [0.15, 0.2) is 5.78 Å². The molecule has 1 aromatic rings. The van der Waals surface area contributed by atoms with Crippen molar-refractivity contribution in [2.75, 3.05) is 0 Å². The zero-order valence-electron chi connectivity index (χ0n) is 13.5. The summed E-state index contributed by atoms with van der Waals surface area (Å²) < 4.78 is 0. The topological polar surface area (TPSA) is 29.1 Å². The van der Waals surface area contributed by atoms with Gasteiger partial charge in [-0.25, -0.2) is 0 Å². The zero-order valence-corrected chi connectivity index (χ0v) is 14.7. The molecule has 1 N–H and O–H groups in total. The minimum atomic E-state index is 0.254. The molecule has 1 saturated carbocycles. The fourth-order valence-corrected chi connectivity index (χ4v) is 3.65. The summed E-state index contributed by atoms with van der Waals surface area (Å²) in [5, 5.41) is 4.80. The quantitative estimate of drug-likeness (QED) is 0.616. The fraction of sp³-hybridized carbons (Fsp3) is 0.611. The molecule has 0 bridgehead atoms. The van der Waals surface area contributed by atoms with Gasteiger partial charge in [-0.3, -0.25) is 4.79 Å². The van der Waals surface area contributed by atoms with Gasteiger partial charge in [-0.1, -0.05) is 26.3 Å². The summed E-state index contributed by atoms with van der Waals surface area (Å²) in [4.78, 5) is 12.2. The Balaban J connectivity index is 2.12. The van der Waals surface area contributed by atoms with Crippen molar-refractivity contribution in [2.24, 2.45) is 5.92 Å². The van der Waals surface area contributed by atoms with E-state index in [9.17, 15) is 4.79 Å². The first-order valence-electron chi connectivity index (χ1n) is 8.24. The molecule has 2 rings (SSSR count). The van der Waals surface area contributed by atoms with E-state index >= 15 is 0 Å². The van der Waals surface area contributed by atoms with Gasteiger partial charge in [0.25, 0.3) is 0 Å². The van der Waals surface area contributed by atoms with Crippen LogP contribution in [-0.2, 0) is 13.0 Å². The molecule has 1 fully saturated rings. The first-order valence-corrected chi connectivity index (χ1v) is 8.82. The zero-order chi connectivity index (χ0) is 15.4. The third-order valence-electron chi connectivity index (χ3n) is 4.80. The average Bonchev–Trinajstić information content (AvgIpc) is 2.41. The Morgan fingerprint density at radius 3 is 2.62 bits per heavy atom. The summed E-state index contributed by atoms with van der Waals surface area (Å²) in [6.45, 7) is 7.19. The van der Waals surface area contributed by atoms with Crippen LogP contribution in [0.2, 0.25) is 0 Å². The monoisotopic (exact) mass is 305 g/mol. The number of carbonyl (C=O) groups excluding carboxylic acids is 1. The Hall–Kier alpha value is -0.720. The Labute approximate surface area is 131 Å². The molecular formula is C18H28NOP. The lowest BCUT2D eigenvalue weighted by Gasteiger charge is -2.32. The van der Waals surface area contributed by atoms with Gasteiger partial charge in [-0.2, -0.15) is 0 Å². The van der Waals surface area contributed by atoms with Crippen LogP contribution in [0.15, 0.2) is 12.1 Å². The number of hydrogen-bond acceptors (Lipinski definition) is 2. The maximum absolute atomic E-state index is 12.2. The van der Waals surface area contributed by atoms with Crippen LogP contribution in [0.25, 0.3) is 0 Å². The average molecular weight is 305 g/mol. The summed E-state index contributed by atoms with van der Waals surface area (Å²) in [5.74, 6) is 1.09. The second-order valence-electron chi connectivity index (χ2n) is 6.20. The van der Waals surface area contributed by atoms with Gasteiger partial charge in [0, 0.05) is 24.6 Å². The van der Waals surface area contributed by atoms with Crippen molar-refractivity contribution in [1.29, 1.82) is 0 Å². The van der Waals surface area contributed by atoms with E-state index in [4.69, 9.17) is 0 Å². The van der Waals surface area contributed by atoms with E-state index in [1.807, 2.05) is 6.92 Å². The molecule has 0 amide bonds. The van der Waals surface area contributed by atoms with Crippen LogP contribution in [0.1, 0.15) is 67.9 Å². The third kappa shape index (κ3) is 3.93. The highest BCUT2D eigenvalue weighted by Gasteiger charge is 2.23. The molecule has 0 aliphatic heterocycles. The van der Waals surface area contributed by atoms with Crippen LogP contribution in [0.5, 0.6) is 0 Å². The number of ketones is 1. The second kappa shape index (κ2) is 7.51. The fourth-order valence-electron chi connectivity index (χ4n) is 3.08. The van der Waals surface area contributed by atoms with E-state index in [0.29, 0.717) is 12.5 Å². The van der Waals surface area contributed by atoms with Crippen molar-refractivity contribution in [1.82, 2.24) is 5.32 Å². The van der Waals surface area contributed by atoms with Crippen molar-refractivity contribution in [3.8, 4) is 0 Å². The van der Waals surface area contributed by atoms with Crippen molar-refractivity contribution in [3.63, 3.8) is 0 Å². The van der Waals surface area contributed by atoms with Crippen molar-refractivity contribution in [2.45, 2.75) is 65.5 Å². The van der Waals surface area contributed by atoms with Crippen LogP contribution in [0.3, 0.4) is 0 Å². The summed E-state index contributed by atoms with van der Waals surface area (Å²) in [6, 6.07) is 4.87. The molecule has 2 unspecified atom stereocenters. The summed E-state index contributed by atoms with van der Waals surface area (Å²) in [5.41, 5.74) is 3.32. The van der Waals surface area contributed by atoms with Crippen LogP contribution in [-0.4, -0.2) is 11.8 Å². The molecule has 0 spiro atoms. The Morgan fingerprint density at radius 2 is 2.10 bits per heavy atom. The highest BCUT2D eigenvalue weighted by Crippen LogP contribution is 2.29. The molecule has 1 aliphatic carbocycles. The molecule has 116 valence electrons. The Morgan fingerprint density at radius 1 is 1.38 bits per heavy atom. The number of benzene rings is 1. The predicted octanol–water partition coefficient (Wildman–Crippen LogP) is 3.62. The van der Waals surface area contributed by atoms with Crippen molar-refractivity contribution >= 4 is 20.3 Å². The highest BCUT2D eigenvalue weighted by molar-refractivity contribution is 7.27. The lowest BCUT2D eigenvalue weighted by molar-refractivity contribution is 0.0987. The first-order chi connectivity index (χ1) is 10.1. The van der Waals surface area contributed by atoms with E-state index in [-0.39, 0.29) is 5.78 Å². The van der Waals surface area contributed by atoms with Crippen LogP contribution in [0, 0.1) is 5.92 Å². The molecule has 2 nitrogen and oxygen atoms in total. The molecule has 0 saturated heterocycles. The van der Waals surface area contributed by atoms with E-state index in [1.165, 1.54) is 35.7 Å². The lowest BCUT2D eigenvalue weighted by Crippen LogP contribution is -2.36. The van der Waals surface area contributed by atoms with Gasteiger partial charge in [0.2, 0.25) is 0 Å². The minimum absolute atomic E-state index is 0.254. The van der Waals surface area contributed by atoms with Crippen LogP contribution in [0.4, 0.5) is 0 Å². The second-order valence-corrected chi connectivity index (χ2v) is 6.82. The van der Waals surface area contributed by atoms with Gasteiger partial charge in [0.05, 0.1) is 0 Å². The van der Waals surface area contributed by atoms with Crippen LogP contribution >= 0.6 is 9.24 Å². The van der Waals surface area contributed by atoms with Crippen molar-refractivity contribution in [3.05, 3.63) is 28.8 Å². The predicted molar refractivity (Wildman–Crippen MR) is 93.4 cm³/mol. The maximum atomic E-state index is 12.2. The highest BCUT2D eigenvalue weighted by atomic mass is 31.0. The van der Waals surface area contributed by atoms with E-state index < -0.39 is 0 Å². The molecule has 0 heterocycles. The molecule has 3 heteroatoms. The summed E-state index contributed by atoms with van der Waals surface area (Å²) in [7, 11) is 2.80. The molecule has 2 atom stereocenters. The van der Waals surface area contributed by atoms with E-state index in [1.54, 1.807) is 0 Å². The maximum Gasteiger partial charge on any atom is 0.162 e. The number of rotatable bonds is 7. The first kappa shape index (κ1) is 16.6. The minimum Gasteiger partial charge on any atom is -0.310 e. The molecule has 1 aliphatic rings. The van der Waals surface area contributed by atoms with E-state index in [2.05, 4.69) is 40.5 Å². The van der Waals surface area contributed by atoms with Crippen molar-refractivity contribution < 1.29 is 4.79 Å². The summed E-state index contributed by atoms with van der Waals surface area (Å²) >= 11 is 0. The number of carbonyl (C=O) groups is 1. The normalized spacial score (nSPS) is 16.6. The molecule has 0 radical (unpaired) electrons. The van der Waals surface area contributed by atoms with Gasteiger partial charge in [-0.15, -0.1) is 9.24 Å². The molecule has 0 aromatic heterocycles. The largest absolute Gasteiger partial charge is 0.310 e. The number of Topliss-reactive ketones (excluding diaryl/α,β-unsaturated/α-hetero) is 1. The lowest BCUT2D eigenvalue weighted by atomic mass is 9.80. The number of nitrogens with one attached hydrogen (secondary N) is 1.